The van der Waals surface area contributed by atoms with E-state index in [4.69, 9.17) is 5.73 Å². The number of sulfonamides is 1. The van der Waals surface area contributed by atoms with Crippen molar-refractivity contribution in [3.63, 3.8) is 0 Å². The molecule has 4 nitrogen and oxygen atoms in total. The molecule has 0 aliphatic carbocycles. The molecule has 6 heteroatoms. The summed E-state index contributed by atoms with van der Waals surface area (Å²) in [5.74, 6) is -0.637. The van der Waals surface area contributed by atoms with E-state index >= 15 is 0 Å². The lowest BCUT2D eigenvalue weighted by Crippen LogP contribution is -2.23. The van der Waals surface area contributed by atoms with Crippen LogP contribution in [0.3, 0.4) is 0 Å². The molecule has 3 N–H and O–H groups in total. The zero-order valence-electron chi connectivity index (χ0n) is 10.0. The molecule has 0 bridgehead atoms. The molecule has 0 aliphatic heterocycles. The zero-order chi connectivity index (χ0) is 13.9. The molecule has 0 saturated heterocycles. The van der Waals surface area contributed by atoms with Crippen LogP contribution in [0.1, 0.15) is 5.56 Å². The van der Waals surface area contributed by atoms with Crippen molar-refractivity contribution >= 4 is 15.7 Å². The minimum Gasteiger partial charge on any atom is -0.396 e. The van der Waals surface area contributed by atoms with Crippen molar-refractivity contribution in [2.75, 3.05) is 5.73 Å². The van der Waals surface area contributed by atoms with Gasteiger partial charge in [-0.15, -0.1) is 0 Å². The van der Waals surface area contributed by atoms with Gasteiger partial charge in [0.05, 0.1) is 10.6 Å². The fraction of sp³-hybridized carbons (Fsp3) is 0.0769. The fourth-order valence-electron chi connectivity index (χ4n) is 1.55. The van der Waals surface area contributed by atoms with E-state index in [2.05, 4.69) is 4.72 Å². The van der Waals surface area contributed by atoms with Gasteiger partial charge in [-0.2, -0.15) is 0 Å². The summed E-state index contributed by atoms with van der Waals surface area (Å²) in [6.45, 7) is 0.167. The van der Waals surface area contributed by atoms with Gasteiger partial charge in [0.25, 0.3) is 0 Å². The third-order valence-corrected chi connectivity index (χ3v) is 3.99. The molecule has 2 rings (SSSR count). The molecule has 2 aromatic rings. The Labute approximate surface area is 111 Å². The standard InChI is InChI=1S/C13H13FN2O2S/c14-12-7-6-11(8-13(12)15)19(17,18)16-9-10-4-2-1-3-5-10/h1-8,16H,9,15H2. The number of halogens is 1. The number of hydrogen-bond donors (Lipinski definition) is 2. The first-order chi connectivity index (χ1) is 8.99. The van der Waals surface area contributed by atoms with Gasteiger partial charge in [-0.25, -0.2) is 17.5 Å². The van der Waals surface area contributed by atoms with Gasteiger partial charge in [-0.05, 0) is 23.8 Å². The van der Waals surface area contributed by atoms with Crippen molar-refractivity contribution in [3.05, 3.63) is 59.9 Å². The maximum absolute atomic E-state index is 13.0. The number of nitrogens with two attached hydrogens (primary N) is 1. The molecule has 0 amide bonds. The van der Waals surface area contributed by atoms with Crippen LogP contribution in [0.4, 0.5) is 10.1 Å². The van der Waals surface area contributed by atoms with Gasteiger partial charge >= 0.3 is 0 Å². The second-order valence-corrected chi connectivity index (χ2v) is 5.76. The lowest BCUT2D eigenvalue weighted by Gasteiger charge is -2.07. The lowest BCUT2D eigenvalue weighted by molar-refractivity contribution is 0.580. The molecule has 0 radical (unpaired) electrons. The third kappa shape index (κ3) is 3.30. The Morgan fingerprint density at radius 2 is 1.79 bits per heavy atom. The number of anilines is 1. The van der Waals surface area contributed by atoms with Crippen LogP contribution in [-0.4, -0.2) is 8.42 Å². The zero-order valence-corrected chi connectivity index (χ0v) is 10.8. The van der Waals surface area contributed by atoms with Crippen LogP contribution in [0.2, 0.25) is 0 Å². The van der Waals surface area contributed by atoms with Crippen molar-refractivity contribution in [2.24, 2.45) is 0 Å². The van der Waals surface area contributed by atoms with Crippen LogP contribution in [0, 0.1) is 5.82 Å². The summed E-state index contributed by atoms with van der Waals surface area (Å²) in [4.78, 5) is -0.0534. The van der Waals surface area contributed by atoms with E-state index < -0.39 is 15.8 Å². The van der Waals surface area contributed by atoms with E-state index in [1.807, 2.05) is 30.3 Å². The van der Waals surface area contributed by atoms with E-state index in [0.717, 1.165) is 17.7 Å². The van der Waals surface area contributed by atoms with Gasteiger partial charge in [-0.1, -0.05) is 30.3 Å². The van der Waals surface area contributed by atoms with Gasteiger partial charge in [0.2, 0.25) is 10.0 Å². The van der Waals surface area contributed by atoms with E-state index in [1.165, 1.54) is 6.07 Å². The molecule has 0 aliphatic rings. The van der Waals surface area contributed by atoms with Crippen molar-refractivity contribution in [1.82, 2.24) is 4.72 Å². The Morgan fingerprint density at radius 1 is 1.11 bits per heavy atom. The van der Waals surface area contributed by atoms with Crippen molar-refractivity contribution in [3.8, 4) is 0 Å². The first-order valence-electron chi connectivity index (χ1n) is 5.58. The van der Waals surface area contributed by atoms with E-state index in [0.29, 0.717) is 0 Å². The van der Waals surface area contributed by atoms with Gasteiger partial charge in [-0.3, -0.25) is 0 Å². The summed E-state index contributed by atoms with van der Waals surface area (Å²) in [6.07, 6.45) is 0. The van der Waals surface area contributed by atoms with Crippen molar-refractivity contribution < 1.29 is 12.8 Å². The molecule has 0 saturated carbocycles. The average molecular weight is 280 g/mol. The number of benzene rings is 2. The first-order valence-corrected chi connectivity index (χ1v) is 7.06. The molecule has 0 spiro atoms. The predicted molar refractivity (Wildman–Crippen MR) is 71.3 cm³/mol. The monoisotopic (exact) mass is 280 g/mol. The number of rotatable bonds is 4. The van der Waals surface area contributed by atoms with Gasteiger partial charge < -0.3 is 5.73 Å². The van der Waals surface area contributed by atoms with Crippen LogP contribution in [0.15, 0.2) is 53.4 Å². The highest BCUT2D eigenvalue weighted by molar-refractivity contribution is 7.89. The van der Waals surface area contributed by atoms with Crippen LogP contribution in [0.25, 0.3) is 0 Å². The quantitative estimate of drug-likeness (QED) is 0.840. The van der Waals surface area contributed by atoms with E-state index in [-0.39, 0.29) is 17.1 Å². The van der Waals surface area contributed by atoms with E-state index in [9.17, 15) is 12.8 Å². The van der Waals surface area contributed by atoms with Crippen LogP contribution in [0.5, 0.6) is 0 Å². The molecule has 0 fully saturated rings. The maximum atomic E-state index is 13.0. The summed E-state index contributed by atoms with van der Waals surface area (Å²) in [5, 5.41) is 0. The third-order valence-electron chi connectivity index (χ3n) is 2.59. The molecular formula is C13H13FN2O2S. The molecular weight excluding hydrogens is 267 g/mol. The molecule has 100 valence electrons. The molecule has 2 aromatic carbocycles. The second kappa shape index (κ2) is 5.38. The summed E-state index contributed by atoms with van der Waals surface area (Å²) in [7, 11) is -3.69. The van der Waals surface area contributed by atoms with Crippen LogP contribution < -0.4 is 10.5 Å². The van der Waals surface area contributed by atoms with E-state index in [1.54, 1.807) is 0 Å². The molecule has 0 heterocycles. The second-order valence-electron chi connectivity index (χ2n) is 3.99. The van der Waals surface area contributed by atoms with Crippen LogP contribution >= 0.6 is 0 Å². The smallest absolute Gasteiger partial charge is 0.240 e. The topological polar surface area (TPSA) is 72.2 Å². The van der Waals surface area contributed by atoms with Gasteiger partial charge in [0.1, 0.15) is 5.82 Å². The Balaban J connectivity index is 2.16. The maximum Gasteiger partial charge on any atom is 0.240 e. The number of hydrogen-bond acceptors (Lipinski definition) is 3. The molecule has 0 aromatic heterocycles. The lowest BCUT2D eigenvalue weighted by atomic mass is 10.2. The van der Waals surface area contributed by atoms with Crippen molar-refractivity contribution in [2.45, 2.75) is 11.4 Å². The highest BCUT2D eigenvalue weighted by Crippen LogP contribution is 2.16. The average Bonchev–Trinajstić information content (AvgIpc) is 2.41. The number of nitrogens with one attached hydrogen (secondary N) is 1. The van der Waals surface area contributed by atoms with Gasteiger partial charge in [0, 0.05) is 6.54 Å². The fourth-order valence-corrected chi connectivity index (χ4v) is 2.60. The first kappa shape index (κ1) is 13.5. The summed E-state index contributed by atoms with van der Waals surface area (Å²) >= 11 is 0. The minimum absolute atomic E-state index is 0.0534. The van der Waals surface area contributed by atoms with Crippen LogP contribution in [-0.2, 0) is 16.6 Å². The Kier molecular flexibility index (Phi) is 3.82. The largest absolute Gasteiger partial charge is 0.396 e. The summed E-state index contributed by atoms with van der Waals surface area (Å²) < 4.78 is 39.4. The highest BCUT2D eigenvalue weighted by Gasteiger charge is 2.15. The predicted octanol–water partition coefficient (Wildman–Crippen LogP) is 1.89. The number of nitrogen functional groups attached to an aromatic ring is 1. The summed E-state index contributed by atoms with van der Waals surface area (Å²) in [6, 6.07) is 12.4. The molecule has 0 unspecified atom stereocenters. The SMILES string of the molecule is Nc1cc(S(=O)(=O)NCc2ccccc2)ccc1F. The minimum atomic E-state index is -3.69. The molecule has 0 atom stereocenters. The summed E-state index contributed by atoms with van der Waals surface area (Å²) in [5.41, 5.74) is 6.00. The normalized spacial score (nSPS) is 11.4. The van der Waals surface area contributed by atoms with Crippen molar-refractivity contribution in [1.29, 1.82) is 0 Å². The van der Waals surface area contributed by atoms with Gasteiger partial charge in [0.15, 0.2) is 0 Å². The Morgan fingerprint density at radius 3 is 2.42 bits per heavy atom. The Hall–Kier alpha value is -1.92. The Bertz CT molecular complexity index is 672. The molecule has 19 heavy (non-hydrogen) atoms. The highest BCUT2D eigenvalue weighted by atomic mass is 32.2.